The first-order chi connectivity index (χ1) is 9.72. The molecule has 3 rings (SSSR count). The van der Waals surface area contributed by atoms with E-state index in [1.165, 1.54) is 24.8 Å². The number of fused-ring (bicyclic) bond motifs is 1. The predicted octanol–water partition coefficient (Wildman–Crippen LogP) is 4.54. The Morgan fingerprint density at radius 1 is 1.25 bits per heavy atom. The van der Waals surface area contributed by atoms with Crippen LogP contribution in [0.15, 0.2) is 22.7 Å². The van der Waals surface area contributed by atoms with Crippen molar-refractivity contribution in [1.82, 2.24) is 5.32 Å². The van der Waals surface area contributed by atoms with Crippen molar-refractivity contribution in [3.8, 4) is 5.75 Å². The molecule has 110 valence electrons. The quantitative estimate of drug-likeness (QED) is 0.822. The zero-order valence-electron chi connectivity index (χ0n) is 12.4. The molecule has 2 saturated carbocycles. The van der Waals surface area contributed by atoms with Crippen LogP contribution in [-0.4, -0.2) is 13.2 Å². The lowest BCUT2D eigenvalue weighted by molar-refractivity contribution is 0.307. The van der Waals surface area contributed by atoms with Crippen LogP contribution in [0, 0.1) is 17.8 Å². The van der Waals surface area contributed by atoms with E-state index in [0.29, 0.717) is 6.04 Å². The van der Waals surface area contributed by atoms with Crippen LogP contribution in [-0.2, 0) is 0 Å². The third-order valence-electron chi connectivity index (χ3n) is 4.78. The molecule has 3 unspecified atom stereocenters. The van der Waals surface area contributed by atoms with Crippen LogP contribution in [0.4, 0.5) is 0 Å². The number of ether oxygens (including phenoxy) is 1. The number of hydrogen-bond donors (Lipinski definition) is 1. The Labute approximate surface area is 130 Å². The summed E-state index contributed by atoms with van der Waals surface area (Å²) in [5.74, 6) is 3.85. The molecule has 0 heterocycles. The second kappa shape index (κ2) is 6.07. The molecule has 2 aliphatic carbocycles. The average Bonchev–Trinajstić information content (AvgIpc) is 3.05. The molecule has 3 heteroatoms. The van der Waals surface area contributed by atoms with E-state index in [2.05, 4.69) is 53.3 Å². The van der Waals surface area contributed by atoms with Gasteiger partial charge in [0.05, 0.1) is 6.61 Å². The van der Waals surface area contributed by atoms with Crippen molar-refractivity contribution < 1.29 is 4.74 Å². The fraction of sp³-hybridized carbons (Fsp3) is 0.647. The minimum Gasteiger partial charge on any atom is -0.494 e. The highest BCUT2D eigenvalue weighted by atomic mass is 79.9. The predicted molar refractivity (Wildman–Crippen MR) is 86.0 cm³/mol. The first kappa shape index (κ1) is 14.4. The normalized spacial score (nSPS) is 29.1. The van der Waals surface area contributed by atoms with Gasteiger partial charge in [-0.1, -0.05) is 22.9 Å². The summed E-state index contributed by atoms with van der Waals surface area (Å²) in [5.41, 5.74) is 1.33. The third-order valence-corrected chi connectivity index (χ3v) is 5.28. The standard InChI is InChI=1S/C17H24BrNO/c1-3-19-17(13-8-11-7-12(11)9-13)15-10-14(18)5-6-16(15)20-4-2/h5-6,10-13,17,19H,3-4,7-9H2,1-2H3. The Balaban J connectivity index is 1.87. The Bertz CT molecular complexity index is 466. The number of benzene rings is 1. The molecule has 1 aromatic carbocycles. The molecule has 3 atom stereocenters. The summed E-state index contributed by atoms with van der Waals surface area (Å²) in [6, 6.07) is 6.85. The number of rotatable bonds is 6. The van der Waals surface area contributed by atoms with Crippen LogP contribution >= 0.6 is 15.9 Å². The summed E-state index contributed by atoms with van der Waals surface area (Å²) >= 11 is 3.61. The van der Waals surface area contributed by atoms with Gasteiger partial charge in [0.2, 0.25) is 0 Å². The molecule has 0 aliphatic heterocycles. The summed E-state index contributed by atoms with van der Waals surface area (Å²) in [6.07, 6.45) is 4.26. The maximum Gasteiger partial charge on any atom is 0.124 e. The SMILES string of the molecule is CCNC(c1cc(Br)ccc1OCC)C1CC2CC2C1. The van der Waals surface area contributed by atoms with Crippen molar-refractivity contribution in [3.05, 3.63) is 28.2 Å². The monoisotopic (exact) mass is 337 g/mol. The van der Waals surface area contributed by atoms with Gasteiger partial charge in [0.15, 0.2) is 0 Å². The number of nitrogens with one attached hydrogen (secondary N) is 1. The van der Waals surface area contributed by atoms with Gasteiger partial charge in [-0.3, -0.25) is 0 Å². The summed E-state index contributed by atoms with van der Waals surface area (Å²) in [6.45, 7) is 5.98. The Morgan fingerprint density at radius 3 is 2.65 bits per heavy atom. The van der Waals surface area contributed by atoms with Gasteiger partial charge in [0, 0.05) is 16.1 Å². The lowest BCUT2D eigenvalue weighted by Gasteiger charge is -2.28. The van der Waals surface area contributed by atoms with E-state index in [4.69, 9.17) is 4.74 Å². The maximum atomic E-state index is 5.86. The molecule has 0 radical (unpaired) electrons. The lowest BCUT2D eigenvalue weighted by Crippen LogP contribution is -2.28. The molecule has 0 amide bonds. The average molecular weight is 338 g/mol. The molecular weight excluding hydrogens is 314 g/mol. The molecule has 1 N–H and O–H groups in total. The summed E-state index contributed by atoms with van der Waals surface area (Å²) in [7, 11) is 0. The van der Waals surface area contributed by atoms with Crippen molar-refractivity contribution in [2.45, 2.75) is 39.2 Å². The van der Waals surface area contributed by atoms with E-state index >= 15 is 0 Å². The van der Waals surface area contributed by atoms with Gasteiger partial charge in [0.25, 0.3) is 0 Å². The van der Waals surface area contributed by atoms with Gasteiger partial charge < -0.3 is 10.1 Å². The van der Waals surface area contributed by atoms with Gasteiger partial charge >= 0.3 is 0 Å². The summed E-state index contributed by atoms with van der Waals surface area (Å²) in [4.78, 5) is 0. The van der Waals surface area contributed by atoms with Crippen LogP contribution in [0.1, 0.15) is 44.7 Å². The molecule has 2 aliphatic rings. The molecule has 1 aromatic rings. The molecule has 0 spiro atoms. The lowest BCUT2D eigenvalue weighted by atomic mass is 9.88. The highest BCUT2D eigenvalue weighted by Crippen LogP contribution is 2.57. The van der Waals surface area contributed by atoms with E-state index in [9.17, 15) is 0 Å². The maximum absolute atomic E-state index is 5.86. The van der Waals surface area contributed by atoms with Gasteiger partial charge in [-0.25, -0.2) is 0 Å². The van der Waals surface area contributed by atoms with E-state index in [0.717, 1.165) is 41.1 Å². The van der Waals surface area contributed by atoms with E-state index in [-0.39, 0.29) is 0 Å². The van der Waals surface area contributed by atoms with Gasteiger partial charge in [0.1, 0.15) is 5.75 Å². The zero-order valence-corrected chi connectivity index (χ0v) is 13.9. The van der Waals surface area contributed by atoms with Crippen LogP contribution in [0.2, 0.25) is 0 Å². The molecule has 2 nitrogen and oxygen atoms in total. The van der Waals surface area contributed by atoms with Crippen LogP contribution in [0.5, 0.6) is 5.75 Å². The van der Waals surface area contributed by atoms with Gasteiger partial charge in [-0.15, -0.1) is 0 Å². The third kappa shape index (κ3) is 2.89. The highest BCUT2D eigenvalue weighted by molar-refractivity contribution is 9.10. The van der Waals surface area contributed by atoms with E-state index < -0.39 is 0 Å². The van der Waals surface area contributed by atoms with Gasteiger partial charge in [-0.2, -0.15) is 0 Å². The smallest absolute Gasteiger partial charge is 0.124 e. The molecular formula is C17H24BrNO. The molecule has 0 saturated heterocycles. The largest absolute Gasteiger partial charge is 0.494 e. The van der Waals surface area contributed by atoms with Crippen molar-refractivity contribution in [2.75, 3.05) is 13.2 Å². The van der Waals surface area contributed by atoms with Crippen LogP contribution in [0.3, 0.4) is 0 Å². The fourth-order valence-corrected chi connectivity index (χ4v) is 4.21. The highest BCUT2D eigenvalue weighted by Gasteiger charge is 2.48. The van der Waals surface area contributed by atoms with Crippen molar-refractivity contribution in [2.24, 2.45) is 17.8 Å². The van der Waals surface area contributed by atoms with Crippen molar-refractivity contribution in [1.29, 1.82) is 0 Å². The minimum absolute atomic E-state index is 0.437. The van der Waals surface area contributed by atoms with Crippen molar-refractivity contribution >= 4 is 15.9 Å². The summed E-state index contributed by atoms with van der Waals surface area (Å²) in [5, 5.41) is 3.71. The Morgan fingerprint density at radius 2 is 2.00 bits per heavy atom. The first-order valence-electron chi connectivity index (χ1n) is 7.88. The molecule has 0 aromatic heterocycles. The molecule has 0 bridgehead atoms. The number of halogens is 1. The van der Waals surface area contributed by atoms with Gasteiger partial charge in [-0.05, 0) is 68.7 Å². The van der Waals surface area contributed by atoms with E-state index in [1.807, 2.05) is 0 Å². The Hall–Kier alpha value is -0.540. The first-order valence-corrected chi connectivity index (χ1v) is 8.67. The minimum atomic E-state index is 0.437. The van der Waals surface area contributed by atoms with E-state index in [1.54, 1.807) is 0 Å². The Kier molecular flexibility index (Phi) is 4.37. The van der Waals surface area contributed by atoms with Crippen LogP contribution in [0.25, 0.3) is 0 Å². The summed E-state index contributed by atoms with van der Waals surface area (Å²) < 4.78 is 7.00. The topological polar surface area (TPSA) is 21.3 Å². The second-order valence-corrected chi connectivity index (χ2v) is 7.05. The fourth-order valence-electron chi connectivity index (χ4n) is 3.83. The molecule has 20 heavy (non-hydrogen) atoms. The second-order valence-electron chi connectivity index (χ2n) is 6.14. The molecule has 2 fully saturated rings. The zero-order chi connectivity index (χ0) is 14.1. The van der Waals surface area contributed by atoms with Crippen molar-refractivity contribution in [3.63, 3.8) is 0 Å². The van der Waals surface area contributed by atoms with Crippen LogP contribution < -0.4 is 10.1 Å². The number of hydrogen-bond acceptors (Lipinski definition) is 2.